The summed E-state index contributed by atoms with van der Waals surface area (Å²) in [7, 11) is 0. The molecule has 2 aliphatic rings. The predicted molar refractivity (Wildman–Crippen MR) is 101 cm³/mol. The van der Waals surface area contributed by atoms with Gasteiger partial charge in [-0.1, -0.05) is 12.1 Å². The Morgan fingerprint density at radius 2 is 2.18 bits per heavy atom. The first-order valence-electron chi connectivity index (χ1n) is 9.46. The van der Waals surface area contributed by atoms with Crippen molar-refractivity contribution in [3.05, 3.63) is 53.1 Å². The number of hydrogen-bond donors (Lipinski definition) is 4. The zero-order valence-electron chi connectivity index (χ0n) is 15.5. The number of nitrogens with zero attached hydrogens (tertiary/aromatic N) is 3. The Labute approximate surface area is 162 Å². The molecule has 0 bridgehead atoms. The van der Waals surface area contributed by atoms with E-state index in [1.165, 1.54) is 0 Å². The zero-order chi connectivity index (χ0) is 19.5. The summed E-state index contributed by atoms with van der Waals surface area (Å²) in [6.07, 6.45) is 2.61. The van der Waals surface area contributed by atoms with Gasteiger partial charge in [0.1, 0.15) is 11.5 Å². The molecule has 148 valence electrons. The number of nitrogens with one attached hydrogen (secondary N) is 3. The fraction of sp³-hybridized carbons (Fsp3) is 0.421. The van der Waals surface area contributed by atoms with Gasteiger partial charge in [-0.05, 0) is 30.7 Å². The van der Waals surface area contributed by atoms with E-state index in [9.17, 15) is 9.59 Å². The number of hydroxylamine groups is 1. The van der Waals surface area contributed by atoms with Gasteiger partial charge in [0.25, 0.3) is 11.8 Å². The summed E-state index contributed by atoms with van der Waals surface area (Å²) in [5, 5.41) is 15.1. The fourth-order valence-corrected chi connectivity index (χ4v) is 3.72. The summed E-state index contributed by atoms with van der Waals surface area (Å²) in [6, 6.07) is 7.89. The first-order valence-corrected chi connectivity index (χ1v) is 9.46. The minimum atomic E-state index is -0.607. The Kier molecular flexibility index (Phi) is 5.38. The molecule has 2 aromatic rings. The van der Waals surface area contributed by atoms with Crippen molar-refractivity contribution in [2.45, 2.75) is 32.1 Å². The van der Waals surface area contributed by atoms with Crippen LogP contribution in [0.1, 0.15) is 38.7 Å². The number of carbonyl (C=O) groups is 2. The quantitative estimate of drug-likeness (QED) is 0.430. The van der Waals surface area contributed by atoms with Crippen molar-refractivity contribution in [3.8, 4) is 0 Å². The number of carbonyl (C=O) groups excluding carboxylic acids is 2. The summed E-state index contributed by atoms with van der Waals surface area (Å²) in [5.41, 5.74) is 3.55. The summed E-state index contributed by atoms with van der Waals surface area (Å²) >= 11 is 0. The van der Waals surface area contributed by atoms with E-state index in [1.54, 1.807) is 11.7 Å². The highest BCUT2D eigenvalue weighted by molar-refractivity contribution is 5.94. The van der Waals surface area contributed by atoms with E-state index < -0.39 is 5.91 Å². The standard InChI is InChI=1S/C19H24N6O3/c26-18(21-15-4-5-20-9-15)14-3-1-2-13(8-14)10-24-6-7-25-11-16(19(27)23-28)22-17(25)12-24/h1-3,8,11,15,20,28H,4-7,9-10,12H2,(H,21,26)(H,23,27). The van der Waals surface area contributed by atoms with Crippen molar-refractivity contribution < 1.29 is 14.8 Å². The monoisotopic (exact) mass is 384 g/mol. The number of amides is 2. The van der Waals surface area contributed by atoms with Crippen molar-refractivity contribution in [1.29, 1.82) is 0 Å². The molecule has 9 heteroatoms. The maximum Gasteiger partial charge on any atom is 0.294 e. The maximum absolute atomic E-state index is 12.5. The Morgan fingerprint density at radius 1 is 1.29 bits per heavy atom. The molecule has 4 N–H and O–H groups in total. The lowest BCUT2D eigenvalue weighted by atomic mass is 10.1. The van der Waals surface area contributed by atoms with Gasteiger partial charge in [-0.2, -0.15) is 0 Å². The summed E-state index contributed by atoms with van der Waals surface area (Å²) in [4.78, 5) is 30.5. The SMILES string of the molecule is O=C(NC1CCNC1)c1cccc(CN2CCn3cc(C(=O)NO)nc3C2)c1. The molecule has 3 heterocycles. The van der Waals surface area contributed by atoms with E-state index in [4.69, 9.17) is 5.21 Å². The van der Waals surface area contributed by atoms with Crippen LogP contribution in [-0.2, 0) is 19.6 Å². The molecule has 1 aromatic carbocycles. The average molecular weight is 384 g/mol. The van der Waals surface area contributed by atoms with Crippen LogP contribution in [0.2, 0.25) is 0 Å². The molecule has 0 radical (unpaired) electrons. The normalized spacial score (nSPS) is 19.2. The maximum atomic E-state index is 12.5. The van der Waals surface area contributed by atoms with E-state index in [1.807, 2.05) is 28.8 Å². The number of hydrogen-bond acceptors (Lipinski definition) is 6. The molecule has 9 nitrogen and oxygen atoms in total. The Hall–Kier alpha value is -2.75. The van der Waals surface area contributed by atoms with Gasteiger partial charge in [0.05, 0.1) is 6.54 Å². The van der Waals surface area contributed by atoms with Crippen LogP contribution in [0.15, 0.2) is 30.5 Å². The third kappa shape index (κ3) is 4.06. The molecule has 1 unspecified atom stereocenters. The first kappa shape index (κ1) is 18.6. The van der Waals surface area contributed by atoms with Crippen LogP contribution in [0, 0.1) is 0 Å². The van der Waals surface area contributed by atoms with E-state index >= 15 is 0 Å². The highest BCUT2D eigenvalue weighted by atomic mass is 16.5. The molecule has 1 atom stereocenters. The van der Waals surface area contributed by atoms with Gasteiger partial charge in [0.15, 0.2) is 0 Å². The van der Waals surface area contributed by atoms with Gasteiger partial charge >= 0.3 is 0 Å². The van der Waals surface area contributed by atoms with Crippen LogP contribution in [-0.4, -0.2) is 57.1 Å². The first-order chi connectivity index (χ1) is 13.6. The Balaban J connectivity index is 1.40. The van der Waals surface area contributed by atoms with Gasteiger partial charge in [-0.15, -0.1) is 0 Å². The van der Waals surface area contributed by atoms with Crippen LogP contribution >= 0.6 is 0 Å². The van der Waals surface area contributed by atoms with Gasteiger partial charge in [-0.3, -0.25) is 19.7 Å². The fourth-order valence-electron chi connectivity index (χ4n) is 3.72. The lowest BCUT2D eigenvalue weighted by molar-refractivity contribution is 0.0701. The van der Waals surface area contributed by atoms with Crippen LogP contribution in [0.4, 0.5) is 0 Å². The van der Waals surface area contributed by atoms with E-state index in [2.05, 4.69) is 20.5 Å². The minimum absolute atomic E-state index is 0.0376. The molecule has 1 aromatic heterocycles. The second-order valence-electron chi connectivity index (χ2n) is 7.25. The lowest BCUT2D eigenvalue weighted by Crippen LogP contribution is -2.36. The van der Waals surface area contributed by atoms with E-state index in [0.29, 0.717) is 18.7 Å². The third-order valence-corrected chi connectivity index (χ3v) is 5.21. The van der Waals surface area contributed by atoms with Gasteiger partial charge < -0.3 is 15.2 Å². The number of rotatable bonds is 5. The lowest BCUT2D eigenvalue weighted by Gasteiger charge is -2.27. The molecule has 28 heavy (non-hydrogen) atoms. The highest BCUT2D eigenvalue weighted by Gasteiger charge is 2.22. The van der Waals surface area contributed by atoms with Crippen LogP contribution in [0.25, 0.3) is 0 Å². The Morgan fingerprint density at radius 3 is 2.96 bits per heavy atom. The largest absolute Gasteiger partial charge is 0.348 e. The molecule has 1 saturated heterocycles. The van der Waals surface area contributed by atoms with Crippen LogP contribution in [0.3, 0.4) is 0 Å². The van der Waals surface area contributed by atoms with Crippen molar-refractivity contribution in [3.63, 3.8) is 0 Å². The number of benzene rings is 1. The summed E-state index contributed by atoms with van der Waals surface area (Å²) in [6.45, 7) is 4.59. The molecule has 2 amide bonds. The molecule has 0 aliphatic carbocycles. The average Bonchev–Trinajstić information content (AvgIpc) is 3.36. The number of aromatic nitrogens is 2. The second-order valence-corrected chi connectivity index (χ2v) is 7.25. The van der Waals surface area contributed by atoms with Gasteiger partial charge in [-0.25, -0.2) is 10.5 Å². The molecule has 2 aliphatic heterocycles. The smallest absolute Gasteiger partial charge is 0.294 e. The van der Waals surface area contributed by atoms with Crippen molar-refractivity contribution >= 4 is 11.8 Å². The highest BCUT2D eigenvalue weighted by Crippen LogP contribution is 2.17. The number of imidazole rings is 1. The molecule has 4 rings (SSSR count). The number of fused-ring (bicyclic) bond motifs is 1. The van der Waals surface area contributed by atoms with Crippen molar-refractivity contribution in [2.24, 2.45) is 0 Å². The van der Waals surface area contributed by atoms with Gasteiger partial charge in [0.2, 0.25) is 0 Å². The molecule has 0 saturated carbocycles. The topological polar surface area (TPSA) is 112 Å². The van der Waals surface area contributed by atoms with Crippen LogP contribution in [0.5, 0.6) is 0 Å². The van der Waals surface area contributed by atoms with Gasteiger partial charge in [0, 0.05) is 44.0 Å². The summed E-state index contributed by atoms with van der Waals surface area (Å²) in [5.74, 6) is 0.140. The molecular formula is C19H24N6O3. The minimum Gasteiger partial charge on any atom is -0.348 e. The molecular weight excluding hydrogens is 360 g/mol. The predicted octanol–water partition coefficient (Wildman–Crippen LogP) is 0.110. The van der Waals surface area contributed by atoms with E-state index in [0.717, 1.165) is 44.0 Å². The zero-order valence-corrected chi connectivity index (χ0v) is 15.5. The van der Waals surface area contributed by atoms with Crippen molar-refractivity contribution in [1.82, 2.24) is 30.6 Å². The molecule has 1 fully saturated rings. The molecule has 0 spiro atoms. The van der Waals surface area contributed by atoms with Crippen molar-refractivity contribution in [2.75, 3.05) is 19.6 Å². The third-order valence-electron chi connectivity index (χ3n) is 5.21. The summed E-state index contributed by atoms with van der Waals surface area (Å²) < 4.78 is 1.93. The Bertz CT molecular complexity index is 874. The van der Waals surface area contributed by atoms with E-state index in [-0.39, 0.29) is 17.6 Å². The van der Waals surface area contributed by atoms with Crippen LogP contribution < -0.4 is 16.1 Å². The second kappa shape index (κ2) is 8.09.